The van der Waals surface area contributed by atoms with Gasteiger partial charge in [-0.2, -0.15) is 19.2 Å². The Morgan fingerprint density at radius 3 is 2.41 bits per heavy atom. The third-order valence-corrected chi connectivity index (χ3v) is 8.67. The van der Waals surface area contributed by atoms with E-state index in [0.717, 1.165) is 18.5 Å². The largest absolute Gasteiger partial charge is 0.306 e. The van der Waals surface area contributed by atoms with Crippen LogP contribution < -0.4 is 5.32 Å². The smallest absolute Gasteiger partial charge is 0.256 e. The summed E-state index contributed by atoms with van der Waals surface area (Å²) >= 11 is 6.03. The minimum atomic E-state index is -3.56. The van der Waals surface area contributed by atoms with Crippen molar-refractivity contribution >= 4 is 44.4 Å². The predicted molar refractivity (Wildman–Crippen MR) is 146 cm³/mol. The second-order valence-electron chi connectivity index (χ2n) is 9.14. The van der Waals surface area contributed by atoms with E-state index in [9.17, 15) is 13.2 Å². The monoisotopic (exact) mass is 562 g/mol. The fourth-order valence-corrected chi connectivity index (χ4v) is 6.21. The summed E-state index contributed by atoms with van der Waals surface area (Å²) in [6.45, 7) is 2.84. The predicted octanol–water partition coefficient (Wildman–Crippen LogP) is 4.00. The highest BCUT2D eigenvalue weighted by molar-refractivity contribution is 7.89. The maximum absolute atomic E-state index is 13.1. The van der Waals surface area contributed by atoms with Crippen LogP contribution >= 0.6 is 11.6 Å². The van der Waals surface area contributed by atoms with Crippen molar-refractivity contribution in [2.45, 2.75) is 24.7 Å². The Hall–Kier alpha value is -4.13. The molecule has 1 aliphatic rings. The van der Waals surface area contributed by atoms with Crippen LogP contribution in [-0.4, -0.2) is 61.2 Å². The van der Waals surface area contributed by atoms with E-state index in [0.29, 0.717) is 52.0 Å². The average molecular weight is 563 g/mol. The van der Waals surface area contributed by atoms with Gasteiger partial charge in [-0.1, -0.05) is 11.6 Å². The van der Waals surface area contributed by atoms with Gasteiger partial charge in [-0.05, 0) is 68.3 Å². The first-order valence-corrected chi connectivity index (χ1v) is 14.1. The number of halogens is 1. The molecule has 4 heterocycles. The van der Waals surface area contributed by atoms with Gasteiger partial charge in [0.05, 0.1) is 27.9 Å². The zero-order valence-electron chi connectivity index (χ0n) is 20.8. The van der Waals surface area contributed by atoms with Crippen molar-refractivity contribution in [3.63, 3.8) is 0 Å². The molecule has 5 aromatic rings. The van der Waals surface area contributed by atoms with E-state index in [1.807, 2.05) is 12.1 Å². The van der Waals surface area contributed by atoms with Crippen molar-refractivity contribution in [3.8, 4) is 11.5 Å². The lowest BCUT2D eigenvalue weighted by molar-refractivity contribution is 0.102. The van der Waals surface area contributed by atoms with Gasteiger partial charge in [0.2, 0.25) is 10.0 Å². The summed E-state index contributed by atoms with van der Waals surface area (Å²) in [5, 5.41) is 13.1. The molecule has 1 amide bonds. The van der Waals surface area contributed by atoms with E-state index >= 15 is 0 Å². The van der Waals surface area contributed by atoms with E-state index in [4.69, 9.17) is 11.6 Å². The molecule has 0 aliphatic carbocycles. The highest BCUT2D eigenvalue weighted by Gasteiger charge is 2.27. The lowest BCUT2D eigenvalue weighted by atomic mass is 10.2. The van der Waals surface area contributed by atoms with Gasteiger partial charge in [-0.25, -0.2) is 23.1 Å². The number of hydrogen-bond donors (Lipinski definition) is 1. The third kappa shape index (κ3) is 4.67. The summed E-state index contributed by atoms with van der Waals surface area (Å²) in [4.78, 5) is 22.1. The van der Waals surface area contributed by atoms with E-state index in [-0.39, 0.29) is 4.90 Å². The molecular formula is C26H23ClN8O3S. The Kier molecular flexibility index (Phi) is 6.37. The normalized spacial score (nSPS) is 14.2. The highest BCUT2D eigenvalue weighted by atomic mass is 35.5. The zero-order valence-corrected chi connectivity index (χ0v) is 22.4. The number of fused-ring (bicyclic) bond motifs is 1. The van der Waals surface area contributed by atoms with Gasteiger partial charge in [-0.15, -0.1) is 0 Å². The number of amides is 1. The molecule has 1 saturated heterocycles. The Morgan fingerprint density at radius 1 is 0.974 bits per heavy atom. The van der Waals surface area contributed by atoms with Gasteiger partial charge >= 0.3 is 0 Å². The molecule has 0 radical (unpaired) electrons. The molecule has 0 spiro atoms. The number of anilines is 1. The van der Waals surface area contributed by atoms with Crippen molar-refractivity contribution in [1.82, 2.24) is 33.8 Å². The lowest BCUT2D eigenvalue weighted by Gasteiger charge is -2.15. The fourth-order valence-electron chi connectivity index (χ4n) is 4.57. The van der Waals surface area contributed by atoms with Crippen LogP contribution in [0.15, 0.2) is 72.0 Å². The first-order chi connectivity index (χ1) is 18.8. The quantitative estimate of drug-likeness (QED) is 0.331. The van der Waals surface area contributed by atoms with Gasteiger partial charge in [0.25, 0.3) is 5.91 Å². The Bertz CT molecular complexity index is 1790. The van der Waals surface area contributed by atoms with Crippen molar-refractivity contribution in [3.05, 3.63) is 83.4 Å². The number of carbonyl (C=O) groups excluding carboxylic acids is 1. The summed E-state index contributed by atoms with van der Waals surface area (Å²) in [5.41, 5.74) is 2.31. The van der Waals surface area contributed by atoms with E-state index < -0.39 is 15.9 Å². The molecule has 0 unspecified atom stereocenters. The number of hydrogen-bond acceptors (Lipinski definition) is 7. The maximum Gasteiger partial charge on any atom is 0.256 e. The van der Waals surface area contributed by atoms with Crippen LogP contribution in [0.4, 0.5) is 5.82 Å². The van der Waals surface area contributed by atoms with Gasteiger partial charge in [0.15, 0.2) is 11.5 Å². The fraction of sp³-hybridized carbons (Fsp3) is 0.192. The summed E-state index contributed by atoms with van der Waals surface area (Å²) in [7, 11) is -3.56. The van der Waals surface area contributed by atoms with E-state index in [2.05, 4.69) is 25.5 Å². The van der Waals surface area contributed by atoms with Crippen LogP contribution in [0.3, 0.4) is 0 Å². The summed E-state index contributed by atoms with van der Waals surface area (Å²) in [5.74, 6) is 0.421. The van der Waals surface area contributed by atoms with E-state index in [1.54, 1.807) is 36.0 Å². The number of nitrogens with one attached hydrogen (secondary N) is 1. The van der Waals surface area contributed by atoms with Gasteiger partial charge in [0.1, 0.15) is 12.1 Å². The molecule has 0 saturated carbocycles. The molecule has 1 aliphatic heterocycles. The van der Waals surface area contributed by atoms with Gasteiger partial charge < -0.3 is 5.32 Å². The number of carbonyl (C=O) groups is 1. The number of aryl methyl sites for hydroxylation is 1. The molecule has 1 fully saturated rings. The van der Waals surface area contributed by atoms with Crippen molar-refractivity contribution in [2.75, 3.05) is 18.4 Å². The Labute approximate surface area is 229 Å². The number of nitrogens with zero attached hydrogens (tertiary/aromatic N) is 7. The standard InChI is InChI=1S/C26H23ClN8O3S/c1-17-14-23(31-26(36)18-4-10-21(11-5-18)39(37,38)33-12-2-3-13-33)35(32-17)25-22-15-30-34(24(22)28-16-29-25)20-8-6-19(27)7-9-20/h4-11,14-16H,2-3,12-13H2,1H3,(H,31,36). The maximum atomic E-state index is 13.1. The number of benzene rings is 2. The number of sulfonamides is 1. The van der Waals surface area contributed by atoms with Crippen LogP contribution in [0.5, 0.6) is 0 Å². The Balaban J connectivity index is 1.29. The van der Waals surface area contributed by atoms with Crippen molar-refractivity contribution in [2.24, 2.45) is 0 Å². The van der Waals surface area contributed by atoms with Crippen molar-refractivity contribution < 1.29 is 13.2 Å². The average Bonchev–Trinajstić information content (AvgIpc) is 3.70. The van der Waals surface area contributed by atoms with Crippen molar-refractivity contribution in [1.29, 1.82) is 0 Å². The van der Waals surface area contributed by atoms with E-state index in [1.165, 1.54) is 39.6 Å². The molecule has 0 atom stereocenters. The first-order valence-electron chi connectivity index (χ1n) is 12.2. The molecule has 2 aromatic carbocycles. The SMILES string of the molecule is Cc1cc(NC(=O)c2ccc(S(=O)(=O)N3CCCC3)cc2)n(-c2ncnc3c2cnn3-c2ccc(Cl)cc2)n1. The molecule has 11 nitrogen and oxygen atoms in total. The minimum Gasteiger partial charge on any atom is -0.306 e. The number of rotatable bonds is 6. The summed E-state index contributed by atoms with van der Waals surface area (Å²) < 4.78 is 30.3. The first kappa shape index (κ1) is 25.2. The second kappa shape index (κ2) is 9.88. The van der Waals surface area contributed by atoms with Crippen LogP contribution in [-0.2, 0) is 10.0 Å². The lowest BCUT2D eigenvalue weighted by Crippen LogP contribution is -2.27. The molecule has 6 rings (SSSR count). The summed E-state index contributed by atoms with van der Waals surface area (Å²) in [6, 6.07) is 14.9. The minimum absolute atomic E-state index is 0.169. The van der Waals surface area contributed by atoms with Crippen LogP contribution in [0, 0.1) is 6.92 Å². The van der Waals surface area contributed by atoms with Crippen LogP contribution in [0.25, 0.3) is 22.5 Å². The molecule has 39 heavy (non-hydrogen) atoms. The molecule has 1 N–H and O–H groups in total. The Morgan fingerprint density at radius 2 is 1.69 bits per heavy atom. The second-order valence-corrected chi connectivity index (χ2v) is 11.5. The number of aromatic nitrogens is 6. The molecule has 13 heteroatoms. The molecule has 3 aromatic heterocycles. The van der Waals surface area contributed by atoms with Gasteiger partial charge in [-0.3, -0.25) is 4.79 Å². The third-order valence-electron chi connectivity index (χ3n) is 6.51. The van der Waals surface area contributed by atoms with Crippen LogP contribution in [0.2, 0.25) is 5.02 Å². The van der Waals surface area contributed by atoms with Gasteiger partial charge in [0, 0.05) is 29.7 Å². The topological polar surface area (TPSA) is 128 Å². The van der Waals surface area contributed by atoms with Crippen LogP contribution in [0.1, 0.15) is 28.9 Å². The molecular weight excluding hydrogens is 540 g/mol. The highest BCUT2D eigenvalue weighted by Crippen LogP contribution is 2.26. The summed E-state index contributed by atoms with van der Waals surface area (Å²) in [6.07, 6.45) is 4.76. The zero-order chi connectivity index (χ0) is 27.1. The molecule has 0 bridgehead atoms. The molecule has 198 valence electrons.